The van der Waals surface area contributed by atoms with Crippen LogP contribution in [0.5, 0.6) is 0 Å². The van der Waals surface area contributed by atoms with Crippen LogP contribution in [0, 0.1) is 0 Å². The Labute approximate surface area is 87.7 Å². The van der Waals surface area contributed by atoms with Crippen LogP contribution >= 0.6 is 0 Å². The third-order valence-electron chi connectivity index (χ3n) is 2.29. The molecule has 0 bridgehead atoms. The summed E-state index contributed by atoms with van der Waals surface area (Å²) < 4.78 is 0. The van der Waals surface area contributed by atoms with Gasteiger partial charge in [0.2, 0.25) is 5.91 Å². The number of carbonyl (C=O) groups excluding carboxylic acids is 1. The van der Waals surface area contributed by atoms with Crippen LogP contribution < -0.4 is 16.3 Å². The number of nitrogens with two attached hydrogens (primary N) is 1. The fourth-order valence-electron chi connectivity index (χ4n) is 1.58. The van der Waals surface area contributed by atoms with Gasteiger partial charge in [-0.15, -0.1) is 0 Å². The summed E-state index contributed by atoms with van der Waals surface area (Å²) in [6.45, 7) is 1.07. The zero-order valence-corrected chi connectivity index (χ0v) is 8.27. The van der Waals surface area contributed by atoms with E-state index in [-0.39, 0.29) is 5.91 Å². The normalized spacial score (nSPS) is 15.5. The number of hydrogen-bond donors (Lipinski definition) is 2. The minimum absolute atomic E-state index is 0.0514. The lowest BCUT2D eigenvalue weighted by molar-refractivity contribution is -0.119. The number of rotatable bonds is 3. The summed E-state index contributed by atoms with van der Waals surface area (Å²) in [6.07, 6.45) is 0.539. The van der Waals surface area contributed by atoms with Crippen molar-refractivity contribution in [3.8, 4) is 0 Å². The quantitative estimate of drug-likeness (QED) is 0.700. The highest BCUT2D eigenvalue weighted by atomic mass is 16.6. The summed E-state index contributed by atoms with van der Waals surface area (Å²) in [5.74, 6) is 5.05. The van der Waals surface area contributed by atoms with Crippen LogP contribution in [-0.4, -0.2) is 12.5 Å². The van der Waals surface area contributed by atoms with Crippen molar-refractivity contribution in [1.29, 1.82) is 0 Å². The Morgan fingerprint density at radius 1 is 1.53 bits per heavy atom. The zero-order chi connectivity index (χ0) is 10.7. The molecule has 1 fully saturated rings. The molecular weight excluding hydrogens is 194 g/mol. The predicted molar refractivity (Wildman–Crippen MR) is 55.5 cm³/mol. The molecule has 80 valence electrons. The first kappa shape index (κ1) is 9.95. The van der Waals surface area contributed by atoms with Gasteiger partial charge < -0.3 is 0 Å². The first-order chi connectivity index (χ1) is 7.29. The minimum atomic E-state index is 0.0514. The molecule has 0 radical (unpaired) electrons. The van der Waals surface area contributed by atoms with Crippen LogP contribution in [0.1, 0.15) is 12.0 Å². The van der Waals surface area contributed by atoms with E-state index in [1.54, 1.807) is 0 Å². The van der Waals surface area contributed by atoms with Gasteiger partial charge in [0.25, 0.3) is 0 Å². The average molecular weight is 207 g/mol. The van der Waals surface area contributed by atoms with Crippen molar-refractivity contribution in [2.24, 2.45) is 5.90 Å². The molecule has 1 aliphatic heterocycles. The van der Waals surface area contributed by atoms with Crippen molar-refractivity contribution in [2.75, 3.05) is 11.6 Å². The van der Waals surface area contributed by atoms with Crippen LogP contribution in [0.15, 0.2) is 24.3 Å². The van der Waals surface area contributed by atoms with Crippen LogP contribution in [0.4, 0.5) is 5.69 Å². The predicted octanol–water partition coefficient (Wildman–Crippen LogP) is 0.318. The number of anilines is 1. The van der Waals surface area contributed by atoms with E-state index in [0.717, 1.165) is 11.3 Å². The van der Waals surface area contributed by atoms with E-state index in [9.17, 15) is 4.79 Å². The molecule has 3 N–H and O–H groups in total. The summed E-state index contributed by atoms with van der Waals surface area (Å²) in [7, 11) is 0. The van der Waals surface area contributed by atoms with Crippen molar-refractivity contribution in [3.63, 3.8) is 0 Å². The van der Waals surface area contributed by atoms with Gasteiger partial charge in [-0.05, 0) is 17.7 Å². The Balaban J connectivity index is 2.14. The lowest BCUT2D eigenvalue weighted by atomic mass is 10.2. The molecule has 1 amide bonds. The Morgan fingerprint density at radius 3 is 3.07 bits per heavy atom. The van der Waals surface area contributed by atoms with Crippen molar-refractivity contribution >= 4 is 11.6 Å². The molecule has 1 aromatic rings. The molecule has 1 heterocycles. The second kappa shape index (κ2) is 4.29. The fourth-order valence-corrected chi connectivity index (χ4v) is 1.58. The maximum atomic E-state index is 11.0. The van der Waals surface area contributed by atoms with E-state index < -0.39 is 0 Å². The Morgan fingerprint density at radius 2 is 2.40 bits per heavy atom. The van der Waals surface area contributed by atoms with Crippen molar-refractivity contribution in [1.82, 2.24) is 5.43 Å². The van der Waals surface area contributed by atoms with Crippen LogP contribution in [0.3, 0.4) is 0 Å². The maximum absolute atomic E-state index is 11.0. The molecule has 5 nitrogen and oxygen atoms in total. The molecule has 1 aromatic carbocycles. The van der Waals surface area contributed by atoms with Gasteiger partial charge in [-0.3, -0.25) is 20.1 Å². The highest BCUT2D eigenvalue weighted by molar-refractivity contribution is 5.81. The van der Waals surface area contributed by atoms with Crippen LogP contribution in [0.25, 0.3) is 0 Å². The molecular formula is C10H13N3O2. The molecule has 15 heavy (non-hydrogen) atoms. The number of hydrogen-bond acceptors (Lipinski definition) is 4. The second-order valence-corrected chi connectivity index (χ2v) is 3.42. The molecule has 2 rings (SSSR count). The highest BCUT2D eigenvalue weighted by Gasteiger charge is 2.18. The molecule has 0 atom stereocenters. The first-order valence-corrected chi connectivity index (χ1v) is 4.77. The number of hydrazine groups is 1. The van der Waals surface area contributed by atoms with E-state index >= 15 is 0 Å². The smallest absolute Gasteiger partial charge is 0.240 e. The third kappa shape index (κ3) is 2.26. The molecule has 0 aromatic heterocycles. The van der Waals surface area contributed by atoms with Gasteiger partial charge in [0, 0.05) is 13.0 Å². The van der Waals surface area contributed by atoms with E-state index in [0.29, 0.717) is 19.6 Å². The van der Waals surface area contributed by atoms with E-state index in [1.807, 2.05) is 29.3 Å². The average Bonchev–Trinajstić information content (AvgIpc) is 2.66. The van der Waals surface area contributed by atoms with Gasteiger partial charge in [-0.25, -0.2) is 5.90 Å². The summed E-state index contributed by atoms with van der Waals surface area (Å²) in [4.78, 5) is 15.6. The van der Waals surface area contributed by atoms with Gasteiger partial charge >= 0.3 is 0 Å². The number of amides is 1. The summed E-state index contributed by atoms with van der Waals surface area (Å²) >= 11 is 0. The van der Waals surface area contributed by atoms with Gasteiger partial charge in [-0.2, -0.15) is 0 Å². The molecule has 1 saturated heterocycles. The lowest BCUT2D eigenvalue weighted by Gasteiger charge is -2.17. The Kier molecular flexibility index (Phi) is 2.84. The molecule has 5 heteroatoms. The van der Waals surface area contributed by atoms with Gasteiger partial charge in [0.15, 0.2) is 0 Å². The SMILES string of the molecule is NOCc1cccc(N2CCC(=O)N2)c1. The van der Waals surface area contributed by atoms with E-state index in [4.69, 9.17) is 5.90 Å². The first-order valence-electron chi connectivity index (χ1n) is 4.77. The monoisotopic (exact) mass is 207 g/mol. The van der Waals surface area contributed by atoms with Gasteiger partial charge in [-0.1, -0.05) is 12.1 Å². The highest BCUT2D eigenvalue weighted by Crippen LogP contribution is 2.17. The largest absolute Gasteiger partial charge is 0.300 e. The standard InChI is InChI=1S/C10H13N3O2/c11-15-7-8-2-1-3-9(6-8)13-5-4-10(14)12-13/h1-3,6H,4-5,7,11H2,(H,12,14). The Hall–Kier alpha value is -1.59. The summed E-state index contributed by atoms with van der Waals surface area (Å²) in [5.41, 5.74) is 4.70. The summed E-state index contributed by atoms with van der Waals surface area (Å²) in [6, 6.07) is 7.71. The molecule has 0 aliphatic carbocycles. The molecule has 0 unspecified atom stereocenters. The third-order valence-corrected chi connectivity index (χ3v) is 2.29. The maximum Gasteiger partial charge on any atom is 0.240 e. The number of benzene rings is 1. The van der Waals surface area contributed by atoms with E-state index in [1.165, 1.54) is 0 Å². The molecule has 0 saturated carbocycles. The van der Waals surface area contributed by atoms with E-state index in [2.05, 4.69) is 10.3 Å². The minimum Gasteiger partial charge on any atom is -0.300 e. The number of carbonyl (C=O) groups is 1. The Bertz CT molecular complexity index is 367. The van der Waals surface area contributed by atoms with Gasteiger partial charge in [0.1, 0.15) is 0 Å². The van der Waals surface area contributed by atoms with Crippen molar-refractivity contribution in [2.45, 2.75) is 13.0 Å². The second-order valence-electron chi connectivity index (χ2n) is 3.42. The number of nitrogens with one attached hydrogen (secondary N) is 1. The molecule has 1 aliphatic rings. The van der Waals surface area contributed by atoms with Crippen LogP contribution in [0.2, 0.25) is 0 Å². The van der Waals surface area contributed by atoms with Gasteiger partial charge in [0.05, 0.1) is 12.3 Å². The van der Waals surface area contributed by atoms with Crippen molar-refractivity contribution < 1.29 is 9.63 Å². The molecule has 0 spiro atoms. The lowest BCUT2D eigenvalue weighted by Crippen LogP contribution is -2.32. The van der Waals surface area contributed by atoms with Crippen molar-refractivity contribution in [3.05, 3.63) is 29.8 Å². The number of nitrogens with zero attached hydrogens (tertiary/aromatic N) is 1. The fraction of sp³-hybridized carbons (Fsp3) is 0.300. The van der Waals surface area contributed by atoms with Crippen LogP contribution in [-0.2, 0) is 16.2 Å². The summed E-state index contributed by atoms with van der Waals surface area (Å²) in [5, 5.41) is 1.82. The zero-order valence-electron chi connectivity index (χ0n) is 8.27. The topological polar surface area (TPSA) is 67.6 Å².